The normalized spacial score (nSPS) is 10.2. The zero-order chi connectivity index (χ0) is 17.5. The fraction of sp³-hybridized carbons (Fsp3) is 0.700. The third-order valence-corrected chi connectivity index (χ3v) is 3.26. The minimum absolute atomic E-state index is 0.543. The van der Waals surface area contributed by atoms with Crippen LogP contribution >= 0.6 is 0 Å². The molecule has 0 aliphatic carbocycles. The Hall–Kier alpha value is -0.860. The van der Waals surface area contributed by atoms with Gasteiger partial charge in [-0.15, -0.1) is 0 Å². The summed E-state index contributed by atoms with van der Waals surface area (Å²) in [6.07, 6.45) is 0. The maximum absolute atomic E-state index is 3.44. The number of nitrogens with one attached hydrogen (secondary N) is 1. The molecular formula is C20H40N2. The molecule has 0 fully saturated rings. The van der Waals surface area contributed by atoms with E-state index in [-0.39, 0.29) is 0 Å². The Morgan fingerprint density at radius 2 is 1.32 bits per heavy atom. The first-order chi connectivity index (χ1) is 10.5. The van der Waals surface area contributed by atoms with E-state index in [2.05, 4.69) is 69.1 Å². The van der Waals surface area contributed by atoms with Crippen molar-refractivity contribution < 1.29 is 0 Å². The van der Waals surface area contributed by atoms with Gasteiger partial charge in [0.2, 0.25) is 0 Å². The van der Waals surface area contributed by atoms with Crippen LogP contribution in [0.1, 0.15) is 73.4 Å². The van der Waals surface area contributed by atoms with Gasteiger partial charge in [0.25, 0.3) is 0 Å². The highest BCUT2D eigenvalue weighted by Crippen LogP contribution is 2.10. The Balaban J connectivity index is 0. The van der Waals surface area contributed by atoms with Crippen molar-refractivity contribution in [3.8, 4) is 0 Å². The van der Waals surface area contributed by atoms with Gasteiger partial charge < -0.3 is 5.32 Å². The van der Waals surface area contributed by atoms with E-state index in [1.54, 1.807) is 0 Å². The number of hydrogen-bond acceptors (Lipinski definition) is 2. The molecule has 0 aromatic heterocycles. The van der Waals surface area contributed by atoms with E-state index >= 15 is 0 Å². The summed E-state index contributed by atoms with van der Waals surface area (Å²) in [4.78, 5) is 2.47. The zero-order valence-corrected chi connectivity index (χ0v) is 16.5. The van der Waals surface area contributed by atoms with Gasteiger partial charge in [0, 0.05) is 25.2 Å². The van der Waals surface area contributed by atoms with E-state index in [9.17, 15) is 0 Å². The van der Waals surface area contributed by atoms with Gasteiger partial charge in [0.05, 0.1) is 0 Å². The van der Waals surface area contributed by atoms with E-state index in [0.717, 1.165) is 19.6 Å². The van der Waals surface area contributed by atoms with Crippen molar-refractivity contribution in [1.29, 1.82) is 0 Å². The predicted octanol–water partition coefficient (Wildman–Crippen LogP) is 5.47. The lowest BCUT2D eigenvalue weighted by molar-refractivity contribution is 0.225. The summed E-state index contributed by atoms with van der Waals surface area (Å²) in [6, 6.07) is 10.1. The molecule has 1 aromatic carbocycles. The fourth-order valence-electron chi connectivity index (χ4n) is 1.98. The van der Waals surface area contributed by atoms with Crippen molar-refractivity contribution in [3.63, 3.8) is 0 Å². The highest BCUT2D eigenvalue weighted by atomic mass is 15.1. The lowest BCUT2D eigenvalue weighted by Crippen LogP contribution is -2.29. The van der Waals surface area contributed by atoms with Gasteiger partial charge in [-0.05, 0) is 31.5 Å². The molecule has 0 saturated carbocycles. The van der Waals surface area contributed by atoms with Gasteiger partial charge in [0.1, 0.15) is 0 Å². The van der Waals surface area contributed by atoms with Gasteiger partial charge in [-0.3, -0.25) is 4.90 Å². The summed E-state index contributed by atoms with van der Waals surface area (Å²) in [5.41, 5.74) is 2.76. The predicted molar refractivity (Wildman–Crippen MR) is 102 cm³/mol. The molecule has 1 rings (SSSR count). The minimum Gasteiger partial charge on any atom is -0.310 e. The molecule has 0 aliphatic heterocycles. The Morgan fingerprint density at radius 3 is 1.68 bits per heavy atom. The molecule has 1 N–H and O–H groups in total. The molecule has 0 saturated heterocycles. The first-order valence-corrected chi connectivity index (χ1v) is 9.08. The van der Waals surface area contributed by atoms with E-state index in [1.807, 2.05) is 27.7 Å². The summed E-state index contributed by atoms with van der Waals surface area (Å²) in [6.45, 7) is 22.2. The molecule has 22 heavy (non-hydrogen) atoms. The maximum atomic E-state index is 3.44. The average Bonchev–Trinajstić information content (AvgIpc) is 2.55. The second kappa shape index (κ2) is 15.1. The van der Waals surface area contributed by atoms with Crippen LogP contribution in [0.5, 0.6) is 0 Å². The summed E-state index contributed by atoms with van der Waals surface area (Å²) >= 11 is 0. The van der Waals surface area contributed by atoms with Crippen LogP contribution in [0.3, 0.4) is 0 Å². The van der Waals surface area contributed by atoms with Crippen molar-refractivity contribution in [2.24, 2.45) is 0 Å². The molecule has 0 amide bonds. The SMILES string of the molecule is CC.CC.CCN(Cc1ccc(CNC(C)C)cc1)C(C)C. The summed E-state index contributed by atoms with van der Waals surface area (Å²) < 4.78 is 0. The lowest BCUT2D eigenvalue weighted by atomic mass is 10.1. The van der Waals surface area contributed by atoms with Crippen molar-refractivity contribution in [2.45, 2.75) is 87.5 Å². The highest BCUT2D eigenvalue weighted by molar-refractivity contribution is 5.22. The second-order valence-electron chi connectivity index (χ2n) is 5.51. The smallest absolute Gasteiger partial charge is 0.0236 e. The van der Waals surface area contributed by atoms with E-state index < -0.39 is 0 Å². The Labute approximate surface area is 140 Å². The van der Waals surface area contributed by atoms with Gasteiger partial charge in [-0.2, -0.15) is 0 Å². The van der Waals surface area contributed by atoms with E-state index in [4.69, 9.17) is 0 Å². The first kappa shape index (κ1) is 23.4. The lowest BCUT2D eigenvalue weighted by Gasteiger charge is -2.24. The Kier molecular flexibility index (Phi) is 16.0. The molecular weight excluding hydrogens is 268 g/mol. The van der Waals surface area contributed by atoms with Gasteiger partial charge in [0.15, 0.2) is 0 Å². The molecule has 1 aromatic rings. The molecule has 0 spiro atoms. The summed E-state index contributed by atoms with van der Waals surface area (Å²) in [5.74, 6) is 0. The van der Waals surface area contributed by atoms with Crippen molar-refractivity contribution in [1.82, 2.24) is 10.2 Å². The first-order valence-electron chi connectivity index (χ1n) is 9.08. The molecule has 0 atom stereocenters. The van der Waals surface area contributed by atoms with Crippen LogP contribution in [0.15, 0.2) is 24.3 Å². The second-order valence-corrected chi connectivity index (χ2v) is 5.51. The molecule has 0 radical (unpaired) electrons. The fourth-order valence-corrected chi connectivity index (χ4v) is 1.98. The number of rotatable bonds is 7. The van der Waals surface area contributed by atoms with Crippen LogP contribution < -0.4 is 5.32 Å². The van der Waals surface area contributed by atoms with Crippen LogP contribution in [-0.2, 0) is 13.1 Å². The van der Waals surface area contributed by atoms with Crippen LogP contribution in [0.4, 0.5) is 0 Å². The molecule has 130 valence electrons. The topological polar surface area (TPSA) is 15.3 Å². The molecule has 0 unspecified atom stereocenters. The molecule has 0 bridgehead atoms. The van der Waals surface area contributed by atoms with Crippen LogP contribution in [0.2, 0.25) is 0 Å². The minimum atomic E-state index is 0.543. The Morgan fingerprint density at radius 1 is 0.864 bits per heavy atom. The quantitative estimate of drug-likeness (QED) is 0.718. The largest absolute Gasteiger partial charge is 0.310 e. The van der Waals surface area contributed by atoms with Gasteiger partial charge >= 0.3 is 0 Å². The van der Waals surface area contributed by atoms with E-state index in [0.29, 0.717) is 12.1 Å². The monoisotopic (exact) mass is 308 g/mol. The number of nitrogens with zero attached hydrogens (tertiary/aromatic N) is 1. The van der Waals surface area contributed by atoms with Crippen LogP contribution in [0, 0.1) is 0 Å². The van der Waals surface area contributed by atoms with E-state index in [1.165, 1.54) is 11.1 Å². The highest BCUT2D eigenvalue weighted by Gasteiger charge is 2.07. The summed E-state index contributed by atoms with van der Waals surface area (Å²) in [5, 5.41) is 3.44. The molecule has 0 heterocycles. The van der Waals surface area contributed by atoms with Gasteiger partial charge in [-0.1, -0.05) is 72.7 Å². The van der Waals surface area contributed by atoms with Crippen LogP contribution in [0.25, 0.3) is 0 Å². The van der Waals surface area contributed by atoms with Crippen molar-refractivity contribution in [3.05, 3.63) is 35.4 Å². The number of benzene rings is 1. The standard InChI is InChI=1S/C16H28N2.2C2H6/c1-6-18(14(4)5)12-16-9-7-15(8-10-16)11-17-13(2)3;2*1-2/h7-10,13-14,17H,6,11-12H2,1-5H3;2*1-2H3. The third kappa shape index (κ3) is 10.8. The van der Waals surface area contributed by atoms with Gasteiger partial charge in [-0.25, -0.2) is 0 Å². The maximum Gasteiger partial charge on any atom is 0.0236 e. The Bertz CT molecular complexity index is 328. The number of hydrogen-bond donors (Lipinski definition) is 1. The zero-order valence-electron chi connectivity index (χ0n) is 16.5. The van der Waals surface area contributed by atoms with Crippen LogP contribution in [-0.4, -0.2) is 23.5 Å². The van der Waals surface area contributed by atoms with Crippen molar-refractivity contribution >= 4 is 0 Å². The van der Waals surface area contributed by atoms with Crippen molar-refractivity contribution in [2.75, 3.05) is 6.54 Å². The molecule has 2 nitrogen and oxygen atoms in total. The molecule has 0 aliphatic rings. The molecule has 2 heteroatoms. The summed E-state index contributed by atoms with van der Waals surface area (Å²) in [7, 11) is 0. The average molecular weight is 309 g/mol. The third-order valence-electron chi connectivity index (χ3n) is 3.26.